The monoisotopic (exact) mass is 344 g/mol. The molecule has 0 saturated heterocycles. The Balaban J connectivity index is 2.05. The van der Waals surface area contributed by atoms with Crippen molar-refractivity contribution in [2.24, 2.45) is 5.92 Å². The number of hydrogen-bond acceptors (Lipinski definition) is 7. The zero-order valence-corrected chi connectivity index (χ0v) is 14.8. The number of nitrogens with one attached hydrogen (secondary N) is 1. The Hall–Kier alpha value is -3.02. The van der Waals surface area contributed by atoms with Crippen molar-refractivity contribution < 1.29 is 14.3 Å². The highest BCUT2D eigenvalue weighted by atomic mass is 16.5. The molecule has 9 heteroatoms. The summed E-state index contributed by atoms with van der Waals surface area (Å²) in [5, 5.41) is 15.8. The molecule has 0 aliphatic carbocycles. The molecule has 25 heavy (non-hydrogen) atoms. The maximum atomic E-state index is 12.1. The van der Waals surface area contributed by atoms with Crippen LogP contribution >= 0.6 is 0 Å². The molecule has 2 rings (SSSR count). The molecule has 0 radical (unpaired) electrons. The lowest BCUT2D eigenvalue weighted by atomic mass is 9.90. The molecule has 132 valence electrons. The minimum absolute atomic E-state index is 0.102. The van der Waals surface area contributed by atoms with Gasteiger partial charge in [0.2, 0.25) is 0 Å². The molecule has 0 unspecified atom stereocenters. The van der Waals surface area contributed by atoms with Crippen LogP contribution < -0.4 is 5.32 Å². The summed E-state index contributed by atoms with van der Waals surface area (Å²) in [5.74, 6) is -1.40. The summed E-state index contributed by atoms with van der Waals surface area (Å²) in [7, 11) is 0. The summed E-state index contributed by atoms with van der Waals surface area (Å²) in [5.41, 5.74) is 0.485. The summed E-state index contributed by atoms with van der Waals surface area (Å²) in [6.07, 6.45) is 0. The molecule has 0 saturated carbocycles. The van der Waals surface area contributed by atoms with Crippen molar-refractivity contribution in [1.29, 1.82) is 5.26 Å². The second-order valence-corrected chi connectivity index (χ2v) is 6.28. The average molecular weight is 344 g/mol. The summed E-state index contributed by atoms with van der Waals surface area (Å²) < 4.78 is 6.36. The highest BCUT2D eigenvalue weighted by Crippen LogP contribution is 2.14. The van der Waals surface area contributed by atoms with Crippen LogP contribution in [0.15, 0.2) is 6.07 Å². The standard InChI is InChI=1S/C16H20N6O3/c1-9(2)16(5,8-17)20-12(23)7-25-14(24)13-19-15-18-10(3)6-11(4)22(15)21-13/h6,9H,7H2,1-5H3,(H,20,23)/t16-/m0/s1. The Bertz CT molecular complexity index is 867. The lowest BCUT2D eigenvalue weighted by molar-refractivity contribution is -0.125. The van der Waals surface area contributed by atoms with E-state index >= 15 is 0 Å². The first kappa shape index (κ1) is 18.3. The second-order valence-electron chi connectivity index (χ2n) is 6.28. The Kier molecular flexibility index (Phi) is 5.02. The van der Waals surface area contributed by atoms with E-state index in [-0.39, 0.29) is 17.5 Å². The molecule has 9 nitrogen and oxygen atoms in total. The predicted octanol–water partition coefficient (Wildman–Crippen LogP) is 0.952. The number of fused-ring (bicyclic) bond motifs is 1. The van der Waals surface area contributed by atoms with Gasteiger partial charge < -0.3 is 10.1 Å². The Morgan fingerprint density at radius 1 is 1.40 bits per heavy atom. The van der Waals surface area contributed by atoms with Gasteiger partial charge in [-0.2, -0.15) is 10.2 Å². The number of amides is 1. The molecule has 0 aliphatic rings. The highest BCUT2D eigenvalue weighted by Gasteiger charge is 2.30. The van der Waals surface area contributed by atoms with Crippen LogP contribution in [0.25, 0.3) is 5.78 Å². The molecule has 2 aromatic heterocycles. The van der Waals surface area contributed by atoms with Gasteiger partial charge in [-0.3, -0.25) is 4.79 Å². The molecule has 2 heterocycles. The zero-order chi connectivity index (χ0) is 18.8. The summed E-state index contributed by atoms with van der Waals surface area (Å²) in [4.78, 5) is 32.2. The first-order valence-corrected chi connectivity index (χ1v) is 7.76. The molecular weight excluding hydrogens is 324 g/mol. The number of nitrogens with zero attached hydrogens (tertiary/aromatic N) is 5. The van der Waals surface area contributed by atoms with Crippen LogP contribution in [-0.2, 0) is 9.53 Å². The number of rotatable bonds is 5. The maximum Gasteiger partial charge on any atom is 0.378 e. The third-order valence-electron chi connectivity index (χ3n) is 3.92. The van der Waals surface area contributed by atoms with Gasteiger partial charge in [0.25, 0.3) is 17.5 Å². The van der Waals surface area contributed by atoms with Gasteiger partial charge in [-0.1, -0.05) is 13.8 Å². The quantitative estimate of drug-likeness (QED) is 0.801. The van der Waals surface area contributed by atoms with Crippen molar-refractivity contribution in [3.05, 3.63) is 23.3 Å². The molecule has 0 aromatic carbocycles. The number of aryl methyl sites for hydroxylation is 2. The lowest BCUT2D eigenvalue weighted by Crippen LogP contribution is -2.50. The maximum absolute atomic E-state index is 12.1. The third-order valence-corrected chi connectivity index (χ3v) is 3.92. The highest BCUT2D eigenvalue weighted by molar-refractivity contribution is 5.88. The van der Waals surface area contributed by atoms with Gasteiger partial charge in [0.1, 0.15) is 5.54 Å². The van der Waals surface area contributed by atoms with Crippen LogP contribution in [0.1, 0.15) is 42.8 Å². The van der Waals surface area contributed by atoms with Crippen molar-refractivity contribution in [2.75, 3.05) is 6.61 Å². The molecule has 0 spiro atoms. The van der Waals surface area contributed by atoms with E-state index < -0.39 is 24.0 Å². The van der Waals surface area contributed by atoms with Crippen molar-refractivity contribution in [2.45, 2.75) is 40.2 Å². The minimum Gasteiger partial charge on any atom is -0.450 e. The summed E-state index contributed by atoms with van der Waals surface area (Å²) in [6, 6.07) is 3.85. The van der Waals surface area contributed by atoms with Gasteiger partial charge in [-0.15, -0.1) is 5.10 Å². The van der Waals surface area contributed by atoms with Crippen LogP contribution in [-0.4, -0.2) is 43.6 Å². The molecule has 0 aliphatic heterocycles. The van der Waals surface area contributed by atoms with E-state index in [0.717, 1.165) is 11.4 Å². The lowest BCUT2D eigenvalue weighted by Gasteiger charge is -2.27. The number of aromatic nitrogens is 4. The van der Waals surface area contributed by atoms with E-state index in [9.17, 15) is 14.9 Å². The van der Waals surface area contributed by atoms with Crippen LogP contribution in [0.5, 0.6) is 0 Å². The molecule has 1 amide bonds. The van der Waals surface area contributed by atoms with Crippen molar-refractivity contribution >= 4 is 17.7 Å². The number of esters is 1. The smallest absolute Gasteiger partial charge is 0.378 e. The van der Waals surface area contributed by atoms with E-state index in [0.29, 0.717) is 0 Å². The molecular formula is C16H20N6O3. The first-order valence-electron chi connectivity index (χ1n) is 7.76. The normalized spacial score (nSPS) is 13.3. The fraction of sp³-hybridized carbons (Fsp3) is 0.500. The number of ether oxygens (including phenoxy) is 1. The fourth-order valence-electron chi connectivity index (χ4n) is 2.08. The Morgan fingerprint density at radius 2 is 2.08 bits per heavy atom. The van der Waals surface area contributed by atoms with Crippen LogP contribution in [0.4, 0.5) is 0 Å². The minimum atomic E-state index is -1.04. The number of carbonyl (C=O) groups excluding carboxylic acids is 2. The Labute approximate surface area is 145 Å². The van der Waals surface area contributed by atoms with E-state index in [1.54, 1.807) is 13.0 Å². The van der Waals surface area contributed by atoms with Crippen LogP contribution in [0.3, 0.4) is 0 Å². The number of hydrogen-bond donors (Lipinski definition) is 1. The fourth-order valence-corrected chi connectivity index (χ4v) is 2.08. The van der Waals surface area contributed by atoms with Gasteiger partial charge in [0, 0.05) is 11.4 Å². The van der Waals surface area contributed by atoms with Gasteiger partial charge >= 0.3 is 5.97 Å². The topological polar surface area (TPSA) is 122 Å². The molecule has 1 atom stereocenters. The van der Waals surface area contributed by atoms with Gasteiger partial charge in [-0.25, -0.2) is 14.3 Å². The second kappa shape index (κ2) is 6.84. The van der Waals surface area contributed by atoms with Crippen molar-refractivity contribution in [3.8, 4) is 6.07 Å². The predicted molar refractivity (Wildman–Crippen MR) is 87.5 cm³/mol. The largest absolute Gasteiger partial charge is 0.450 e. The average Bonchev–Trinajstić information content (AvgIpc) is 2.96. The Morgan fingerprint density at radius 3 is 2.68 bits per heavy atom. The number of carbonyl (C=O) groups is 2. The zero-order valence-electron chi connectivity index (χ0n) is 14.8. The van der Waals surface area contributed by atoms with Gasteiger partial charge in [-0.05, 0) is 32.8 Å². The molecule has 0 bridgehead atoms. The summed E-state index contributed by atoms with van der Waals surface area (Å²) >= 11 is 0. The van der Waals surface area contributed by atoms with Crippen molar-refractivity contribution in [3.63, 3.8) is 0 Å². The van der Waals surface area contributed by atoms with Gasteiger partial charge in [0.05, 0.1) is 6.07 Å². The van der Waals surface area contributed by atoms with E-state index in [1.807, 2.05) is 33.8 Å². The van der Waals surface area contributed by atoms with E-state index in [2.05, 4.69) is 20.4 Å². The third kappa shape index (κ3) is 3.91. The number of nitriles is 1. The van der Waals surface area contributed by atoms with Gasteiger partial charge in [0.15, 0.2) is 6.61 Å². The molecule has 1 N–H and O–H groups in total. The van der Waals surface area contributed by atoms with E-state index in [4.69, 9.17) is 4.74 Å². The molecule has 0 fully saturated rings. The van der Waals surface area contributed by atoms with Crippen LogP contribution in [0.2, 0.25) is 0 Å². The first-order chi connectivity index (χ1) is 11.7. The van der Waals surface area contributed by atoms with E-state index in [1.165, 1.54) is 4.52 Å². The van der Waals surface area contributed by atoms with Crippen molar-refractivity contribution in [1.82, 2.24) is 24.9 Å². The van der Waals surface area contributed by atoms with Crippen LogP contribution in [0, 0.1) is 31.1 Å². The SMILES string of the molecule is Cc1cc(C)n2nc(C(=O)OCC(=O)N[C@@](C)(C#N)C(C)C)nc2n1. The summed E-state index contributed by atoms with van der Waals surface area (Å²) in [6.45, 7) is 8.33. The molecule has 2 aromatic rings.